The number of likely N-dealkylation sites (tertiary alicyclic amines) is 2. The molecule has 0 aromatic rings. The highest BCUT2D eigenvalue weighted by atomic mass is 16.3. The molecule has 4 nitrogen and oxygen atoms in total. The molecule has 0 bridgehead atoms. The number of amides is 1. The molecule has 18 heavy (non-hydrogen) atoms. The zero-order valence-electron chi connectivity index (χ0n) is 11.9. The summed E-state index contributed by atoms with van der Waals surface area (Å²) in [6.45, 7) is 6.89. The third kappa shape index (κ3) is 2.69. The topological polar surface area (TPSA) is 43.8 Å². The number of aliphatic hydroxyl groups is 1. The van der Waals surface area contributed by atoms with E-state index in [9.17, 15) is 9.90 Å². The van der Waals surface area contributed by atoms with E-state index in [0.29, 0.717) is 12.3 Å². The Hall–Kier alpha value is -0.610. The zero-order chi connectivity index (χ0) is 13.3. The minimum atomic E-state index is -0.403. The van der Waals surface area contributed by atoms with Crippen molar-refractivity contribution in [2.24, 2.45) is 5.92 Å². The average molecular weight is 254 g/mol. The molecule has 2 unspecified atom stereocenters. The van der Waals surface area contributed by atoms with Crippen LogP contribution in [-0.2, 0) is 4.79 Å². The Morgan fingerprint density at radius 2 is 2.06 bits per heavy atom. The van der Waals surface area contributed by atoms with E-state index >= 15 is 0 Å². The minimum absolute atomic E-state index is 0.221. The Bertz CT molecular complexity index is 317. The van der Waals surface area contributed by atoms with Gasteiger partial charge in [0.1, 0.15) is 0 Å². The third-order valence-corrected chi connectivity index (χ3v) is 4.62. The van der Waals surface area contributed by atoms with Crippen LogP contribution < -0.4 is 0 Å². The van der Waals surface area contributed by atoms with E-state index in [0.717, 1.165) is 38.9 Å². The van der Waals surface area contributed by atoms with Crippen molar-refractivity contribution in [1.29, 1.82) is 0 Å². The van der Waals surface area contributed by atoms with Crippen LogP contribution in [0.3, 0.4) is 0 Å². The number of hydrogen-bond acceptors (Lipinski definition) is 3. The first-order valence-corrected chi connectivity index (χ1v) is 7.08. The second-order valence-electron chi connectivity index (χ2n) is 6.48. The lowest BCUT2D eigenvalue weighted by molar-refractivity contribution is -0.146. The molecule has 2 aliphatic heterocycles. The highest BCUT2D eigenvalue weighted by Gasteiger charge is 2.40. The average Bonchev–Trinajstić information content (AvgIpc) is 2.67. The van der Waals surface area contributed by atoms with E-state index < -0.39 is 5.54 Å². The summed E-state index contributed by atoms with van der Waals surface area (Å²) >= 11 is 0. The van der Waals surface area contributed by atoms with Crippen molar-refractivity contribution in [2.75, 3.05) is 26.7 Å². The summed E-state index contributed by atoms with van der Waals surface area (Å²) in [6.07, 6.45) is 3.10. The van der Waals surface area contributed by atoms with Crippen molar-refractivity contribution >= 4 is 5.91 Å². The molecule has 0 aromatic heterocycles. The first kappa shape index (κ1) is 13.8. The standard InChI is InChI=1S/C14H26N2O2/c1-14(2)12(17)5-4-7-16(14)13(18)9-11-6-8-15(3)10-11/h11-12,17H,4-10H2,1-3H3. The van der Waals surface area contributed by atoms with E-state index in [-0.39, 0.29) is 12.0 Å². The number of nitrogens with zero attached hydrogens (tertiary/aromatic N) is 2. The molecule has 4 heteroatoms. The van der Waals surface area contributed by atoms with Crippen LogP contribution in [0.5, 0.6) is 0 Å². The Morgan fingerprint density at radius 3 is 2.67 bits per heavy atom. The lowest BCUT2D eigenvalue weighted by Gasteiger charge is -2.46. The van der Waals surface area contributed by atoms with Gasteiger partial charge in [0.2, 0.25) is 5.91 Å². The molecule has 104 valence electrons. The van der Waals surface area contributed by atoms with Crippen LogP contribution in [0.4, 0.5) is 0 Å². The normalized spacial score (nSPS) is 32.8. The van der Waals surface area contributed by atoms with E-state index in [4.69, 9.17) is 0 Å². The zero-order valence-corrected chi connectivity index (χ0v) is 11.9. The van der Waals surface area contributed by atoms with Gasteiger partial charge in [0.25, 0.3) is 0 Å². The van der Waals surface area contributed by atoms with Gasteiger partial charge in [-0.25, -0.2) is 0 Å². The largest absolute Gasteiger partial charge is 0.391 e. The quantitative estimate of drug-likeness (QED) is 0.802. The predicted molar refractivity (Wildman–Crippen MR) is 71.3 cm³/mol. The van der Waals surface area contributed by atoms with Gasteiger partial charge in [0.15, 0.2) is 0 Å². The summed E-state index contributed by atoms with van der Waals surface area (Å²) in [5, 5.41) is 10.1. The first-order valence-electron chi connectivity index (χ1n) is 7.08. The Morgan fingerprint density at radius 1 is 1.33 bits per heavy atom. The Labute approximate surface area is 110 Å². The fourth-order valence-electron chi connectivity index (χ4n) is 3.26. The molecule has 2 atom stereocenters. The molecule has 2 aliphatic rings. The third-order valence-electron chi connectivity index (χ3n) is 4.62. The van der Waals surface area contributed by atoms with Crippen molar-refractivity contribution in [3.8, 4) is 0 Å². The monoisotopic (exact) mass is 254 g/mol. The van der Waals surface area contributed by atoms with Gasteiger partial charge in [-0.1, -0.05) is 0 Å². The Balaban J connectivity index is 1.95. The predicted octanol–water partition coefficient (Wildman–Crippen LogP) is 1.09. The first-order chi connectivity index (χ1) is 8.41. The summed E-state index contributed by atoms with van der Waals surface area (Å²) in [5.41, 5.74) is -0.403. The molecule has 0 saturated carbocycles. The van der Waals surface area contributed by atoms with Gasteiger partial charge in [0.05, 0.1) is 11.6 Å². The van der Waals surface area contributed by atoms with Crippen molar-refractivity contribution in [3.63, 3.8) is 0 Å². The van der Waals surface area contributed by atoms with Crippen molar-refractivity contribution in [1.82, 2.24) is 9.80 Å². The maximum Gasteiger partial charge on any atom is 0.223 e. The summed E-state index contributed by atoms with van der Waals surface area (Å²) in [5.74, 6) is 0.719. The number of aliphatic hydroxyl groups excluding tert-OH is 1. The van der Waals surface area contributed by atoms with E-state index in [1.165, 1.54) is 0 Å². The molecule has 0 aromatic carbocycles. The smallest absolute Gasteiger partial charge is 0.223 e. The lowest BCUT2D eigenvalue weighted by atomic mass is 9.86. The summed E-state index contributed by atoms with van der Waals surface area (Å²) < 4.78 is 0. The van der Waals surface area contributed by atoms with Crippen molar-refractivity contribution < 1.29 is 9.90 Å². The van der Waals surface area contributed by atoms with Gasteiger partial charge >= 0.3 is 0 Å². The minimum Gasteiger partial charge on any atom is -0.391 e. The summed E-state index contributed by atoms with van der Waals surface area (Å²) in [7, 11) is 2.11. The fourth-order valence-corrected chi connectivity index (χ4v) is 3.26. The van der Waals surface area contributed by atoms with Gasteiger partial charge in [0, 0.05) is 19.5 Å². The molecular formula is C14H26N2O2. The van der Waals surface area contributed by atoms with Crippen LogP contribution in [0.25, 0.3) is 0 Å². The van der Waals surface area contributed by atoms with Crippen LogP contribution in [0.1, 0.15) is 39.5 Å². The number of carbonyl (C=O) groups is 1. The van der Waals surface area contributed by atoms with Crippen molar-refractivity contribution in [2.45, 2.75) is 51.2 Å². The maximum absolute atomic E-state index is 12.4. The highest BCUT2D eigenvalue weighted by Crippen LogP contribution is 2.30. The van der Waals surface area contributed by atoms with Crippen LogP contribution in [0.2, 0.25) is 0 Å². The van der Waals surface area contributed by atoms with Crippen LogP contribution in [0.15, 0.2) is 0 Å². The highest BCUT2D eigenvalue weighted by molar-refractivity contribution is 5.77. The molecule has 2 rings (SSSR count). The molecule has 0 aliphatic carbocycles. The number of hydrogen-bond donors (Lipinski definition) is 1. The van der Waals surface area contributed by atoms with Crippen LogP contribution >= 0.6 is 0 Å². The second-order valence-corrected chi connectivity index (χ2v) is 6.48. The molecule has 1 amide bonds. The molecule has 2 fully saturated rings. The molecule has 0 radical (unpaired) electrons. The van der Waals surface area contributed by atoms with E-state index in [2.05, 4.69) is 11.9 Å². The number of piperidine rings is 1. The maximum atomic E-state index is 12.4. The van der Waals surface area contributed by atoms with Gasteiger partial charge in [-0.05, 0) is 52.6 Å². The van der Waals surface area contributed by atoms with E-state index in [1.54, 1.807) is 0 Å². The lowest BCUT2D eigenvalue weighted by Crippen LogP contribution is -2.58. The second kappa shape index (κ2) is 5.17. The SMILES string of the molecule is CN1CCC(CC(=O)N2CCCC(O)C2(C)C)C1. The molecule has 0 spiro atoms. The van der Waals surface area contributed by atoms with Crippen LogP contribution in [0, 0.1) is 5.92 Å². The molecular weight excluding hydrogens is 228 g/mol. The number of rotatable bonds is 2. The summed E-state index contributed by atoms with van der Waals surface area (Å²) in [4.78, 5) is 16.6. The van der Waals surface area contributed by atoms with Gasteiger partial charge < -0.3 is 14.9 Å². The van der Waals surface area contributed by atoms with Gasteiger partial charge in [-0.3, -0.25) is 4.79 Å². The molecule has 1 N–H and O–H groups in total. The Kier molecular flexibility index (Phi) is 3.97. The van der Waals surface area contributed by atoms with E-state index in [1.807, 2.05) is 18.7 Å². The number of carbonyl (C=O) groups excluding carboxylic acids is 1. The van der Waals surface area contributed by atoms with Gasteiger partial charge in [-0.15, -0.1) is 0 Å². The van der Waals surface area contributed by atoms with Crippen LogP contribution in [-0.4, -0.2) is 59.1 Å². The molecule has 2 heterocycles. The van der Waals surface area contributed by atoms with Gasteiger partial charge in [-0.2, -0.15) is 0 Å². The fraction of sp³-hybridized carbons (Fsp3) is 0.929. The summed E-state index contributed by atoms with van der Waals surface area (Å²) in [6, 6.07) is 0. The van der Waals surface area contributed by atoms with Crippen molar-refractivity contribution in [3.05, 3.63) is 0 Å². The molecule has 2 saturated heterocycles.